The first-order valence-electron chi connectivity index (χ1n) is 6.20. The second-order valence-corrected chi connectivity index (χ2v) is 6.61. The van der Waals surface area contributed by atoms with E-state index in [0.717, 1.165) is 5.56 Å². The van der Waals surface area contributed by atoms with Crippen LogP contribution in [0, 0.1) is 6.92 Å². The molecule has 0 radical (unpaired) electrons. The molecule has 1 rings (SSSR count). The summed E-state index contributed by atoms with van der Waals surface area (Å²) in [5, 5.41) is 17.4. The van der Waals surface area contributed by atoms with E-state index in [9.17, 15) is 8.42 Å². The van der Waals surface area contributed by atoms with Crippen LogP contribution in [-0.4, -0.2) is 30.8 Å². The number of rotatable bonds is 5. The van der Waals surface area contributed by atoms with Gasteiger partial charge in [-0.2, -0.15) is 0 Å². The molecule has 0 aliphatic heterocycles. The molecule has 2 N–H and O–H groups in total. The van der Waals surface area contributed by atoms with Crippen molar-refractivity contribution < 1.29 is 48.2 Å². The van der Waals surface area contributed by atoms with E-state index in [2.05, 4.69) is 4.24 Å². The molecule has 0 aliphatic carbocycles. The first-order valence-corrected chi connectivity index (χ1v) is 7.98. The van der Waals surface area contributed by atoms with Gasteiger partial charge in [0, 0.05) is 4.90 Å². The molecule has 0 spiro atoms. The number of nitrogens with zero attached hydrogens (tertiary/aromatic N) is 1. The zero-order valence-corrected chi connectivity index (χ0v) is 16.4. The molecule has 0 saturated heterocycles. The molecular weight excluding hydrogens is 325 g/mol. The average molecular weight is 346 g/mol. The molecule has 0 aromatic heterocycles. The van der Waals surface area contributed by atoms with Crippen LogP contribution in [0.5, 0.6) is 0 Å². The second kappa shape index (κ2) is 11.8. The molecule has 0 bridgehead atoms. The zero-order chi connectivity index (χ0) is 15.8. The molecule has 5 nitrogen and oxygen atoms in total. The third kappa shape index (κ3) is 11.5. The maximum absolute atomic E-state index is 11.0. The number of aryl methyl sites for hydroxylation is 1. The first kappa shape index (κ1) is 23.6. The standard InChI is InChI=1S/C7H7ClNO2S.C6H14O2.Na/c1-6-2-4-7(5-3-6)12(10,11)9-8;1-5(7)3-4-6(2)8;/h2-5H,1H3;5-8H,3-4H2,1-2H3;/q-1;;+1. The Hall–Kier alpha value is 0.340. The number of halogens is 1. The summed E-state index contributed by atoms with van der Waals surface area (Å²) in [5.41, 5.74) is 0.989. The summed E-state index contributed by atoms with van der Waals surface area (Å²) < 4.78 is 24.8. The van der Waals surface area contributed by atoms with Crippen molar-refractivity contribution in [1.82, 2.24) is 0 Å². The molecule has 0 saturated carbocycles. The quantitative estimate of drug-likeness (QED) is 0.720. The van der Waals surface area contributed by atoms with Crippen LogP contribution in [0.4, 0.5) is 0 Å². The van der Waals surface area contributed by atoms with E-state index in [1.165, 1.54) is 12.1 Å². The maximum Gasteiger partial charge on any atom is 1.00 e. The van der Waals surface area contributed by atoms with Gasteiger partial charge in [-0.25, -0.2) is 8.42 Å². The van der Waals surface area contributed by atoms with Crippen molar-refractivity contribution in [3.05, 3.63) is 34.1 Å². The van der Waals surface area contributed by atoms with Gasteiger partial charge in [-0.05, 0) is 45.7 Å². The van der Waals surface area contributed by atoms with E-state index in [1.54, 1.807) is 26.0 Å². The Morgan fingerprint density at radius 3 is 1.76 bits per heavy atom. The fourth-order valence-corrected chi connectivity index (χ4v) is 2.03. The fourth-order valence-electron chi connectivity index (χ4n) is 1.23. The molecule has 8 heteroatoms. The summed E-state index contributed by atoms with van der Waals surface area (Å²) in [5.74, 6) is 0. The van der Waals surface area contributed by atoms with Crippen molar-refractivity contribution in [2.75, 3.05) is 0 Å². The molecule has 116 valence electrons. The summed E-state index contributed by atoms with van der Waals surface area (Å²) in [7, 11) is -3.62. The SMILES string of the molecule is CC(O)CCC(C)O.Cc1ccc(S(=O)(=O)[N-]Cl)cc1.[Na+]. The summed E-state index contributed by atoms with van der Waals surface area (Å²) >= 11 is 4.90. The molecule has 0 fully saturated rings. The van der Waals surface area contributed by atoms with Crippen LogP contribution in [0.25, 0.3) is 4.24 Å². The third-order valence-electron chi connectivity index (χ3n) is 2.41. The third-order valence-corrected chi connectivity index (χ3v) is 4.01. The largest absolute Gasteiger partial charge is 1.00 e. The predicted molar refractivity (Wildman–Crippen MR) is 80.2 cm³/mol. The monoisotopic (exact) mass is 345 g/mol. The van der Waals surface area contributed by atoms with E-state index in [0.29, 0.717) is 12.8 Å². The van der Waals surface area contributed by atoms with Crippen LogP contribution in [0.3, 0.4) is 0 Å². The summed E-state index contributed by atoms with van der Waals surface area (Å²) in [6.45, 7) is 5.32. The average Bonchev–Trinajstić information content (AvgIpc) is 2.37. The Balaban J connectivity index is 0. The van der Waals surface area contributed by atoms with Crippen LogP contribution in [0.15, 0.2) is 29.2 Å². The van der Waals surface area contributed by atoms with Gasteiger partial charge in [0.2, 0.25) is 0 Å². The first-order chi connectivity index (χ1) is 9.19. The van der Waals surface area contributed by atoms with Gasteiger partial charge in [0.05, 0.1) is 12.2 Å². The van der Waals surface area contributed by atoms with Gasteiger partial charge in [0.25, 0.3) is 0 Å². The number of sulfonamides is 1. The molecule has 0 heterocycles. The van der Waals surface area contributed by atoms with Gasteiger partial charge in [-0.3, -0.25) is 11.8 Å². The van der Waals surface area contributed by atoms with E-state index < -0.39 is 10.0 Å². The molecule has 1 aromatic rings. The molecule has 0 amide bonds. The van der Waals surface area contributed by atoms with Gasteiger partial charge in [0.15, 0.2) is 0 Å². The van der Waals surface area contributed by atoms with Crippen molar-refractivity contribution in [3.8, 4) is 0 Å². The molecule has 21 heavy (non-hydrogen) atoms. The predicted octanol–water partition coefficient (Wildman–Crippen LogP) is -0.257. The van der Waals surface area contributed by atoms with E-state index in [1.807, 2.05) is 6.92 Å². The topological polar surface area (TPSA) is 88.7 Å². The maximum atomic E-state index is 11.0. The van der Waals surface area contributed by atoms with E-state index in [4.69, 9.17) is 22.0 Å². The van der Waals surface area contributed by atoms with Crippen molar-refractivity contribution in [1.29, 1.82) is 0 Å². The van der Waals surface area contributed by atoms with Gasteiger partial charge in [-0.15, -0.1) is 0 Å². The number of benzene rings is 1. The van der Waals surface area contributed by atoms with Crippen molar-refractivity contribution in [2.45, 2.75) is 50.7 Å². The Morgan fingerprint density at radius 2 is 1.48 bits per heavy atom. The van der Waals surface area contributed by atoms with Crippen molar-refractivity contribution >= 4 is 21.8 Å². The van der Waals surface area contributed by atoms with E-state index >= 15 is 0 Å². The Kier molecular flexibility index (Phi) is 13.3. The summed E-state index contributed by atoms with van der Waals surface area (Å²) in [6.07, 6.45) is 0.837. The Labute approximate surface area is 154 Å². The van der Waals surface area contributed by atoms with Crippen LogP contribution in [0.1, 0.15) is 32.3 Å². The molecule has 0 aliphatic rings. The van der Waals surface area contributed by atoms with Gasteiger partial charge < -0.3 is 14.5 Å². The summed E-state index contributed by atoms with van der Waals surface area (Å²) in [6, 6.07) is 6.32. The van der Waals surface area contributed by atoms with Crippen LogP contribution < -0.4 is 29.6 Å². The summed E-state index contributed by atoms with van der Waals surface area (Å²) in [4.78, 5) is 0.114. The number of hydrogen-bond acceptors (Lipinski definition) is 4. The second-order valence-electron chi connectivity index (χ2n) is 4.63. The number of hydrogen-bond donors (Lipinski definition) is 2. The minimum Gasteiger partial charge on any atom is -0.458 e. The minimum absolute atomic E-state index is 0. The van der Waals surface area contributed by atoms with Crippen molar-refractivity contribution in [2.24, 2.45) is 0 Å². The number of aliphatic hydroxyl groups excluding tert-OH is 2. The number of aliphatic hydroxyl groups is 2. The fraction of sp³-hybridized carbons (Fsp3) is 0.538. The van der Waals surface area contributed by atoms with Gasteiger partial charge in [-0.1, -0.05) is 17.7 Å². The van der Waals surface area contributed by atoms with Crippen LogP contribution >= 0.6 is 11.8 Å². The van der Waals surface area contributed by atoms with Crippen LogP contribution in [0.2, 0.25) is 0 Å². The molecule has 1 aromatic carbocycles. The smallest absolute Gasteiger partial charge is 0.458 e. The molecule has 2 atom stereocenters. The van der Waals surface area contributed by atoms with Gasteiger partial charge in [0.1, 0.15) is 10.0 Å². The Morgan fingerprint density at radius 1 is 1.10 bits per heavy atom. The molecular formula is C13H21ClNNaO4S. The normalized spacial score (nSPS) is 13.4. The van der Waals surface area contributed by atoms with Crippen LogP contribution in [-0.2, 0) is 10.0 Å². The van der Waals surface area contributed by atoms with Gasteiger partial charge >= 0.3 is 29.6 Å². The Bertz CT molecular complexity index is 469. The van der Waals surface area contributed by atoms with Crippen molar-refractivity contribution in [3.63, 3.8) is 0 Å². The van der Waals surface area contributed by atoms with E-state index in [-0.39, 0.29) is 46.7 Å². The molecule has 2 unspecified atom stereocenters. The zero-order valence-electron chi connectivity index (χ0n) is 12.8. The minimum atomic E-state index is -3.62.